The van der Waals surface area contributed by atoms with E-state index in [1.165, 1.54) is 12.8 Å². The number of amides is 1. The second-order valence-electron chi connectivity index (χ2n) is 7.46. The molecule has 4 rings (SSSR count). The molecule has 0 atom stereocenters. The molecule has 1 N–H and O–H groups in total. The van der Waals surface area contributed by atoms with Crippen molar-refractivity contribution in [3.8, 4) is 28.6 Å². The van der Waals surface area contributed by atoms with Crippen LogP contribution in [0.25, 0.3) is 11.3 Å². The third kappa shape index (κ3) is 4.82. The maximum Gasteiger partial charge on any atom is 0.273 e. The van der Waals surface area contributed by atoms with Gasteiger partial charge in [0.05, 0.1) is 25.9 Å². The minimum absolute atomic E-state index is 0.189. The molecule has 0 aliphatic heterocycles. The Morgan fingerprint density at radius 1 is 1.06 bits per heavy atom. The van der Waals surface area contributed by atoms with E-state index >= 15 is 0 Å². The first kappa shape index (κ1) is 20.8. The van der Waals surface area contributed by atoms with Crippen molar-refractivity contribution in [1.82, 2.24) is 10.5 Å². The fourth-order valence-corrected chi connectivity index (χ4v) is 3.73. The number of benzene rings is 2. The van der Waals surface area contributed by atoms with Gasteiger partial charge in [-0.25, -0.2) is 0 Å². The molecule has 1 aliphatic carbocycles. The third-order valence-electron chi connectivity index (χ3n) is 5.42. The lowest BCUT2D eigenvalue weighted by Gasteiger charge is -2.16. The maximum atomic E-state index is 12.7. The fourth-order valence-electron chi connectivity index (χ4n) is 3.73. The van der Waals surface area contributed by atoms with Crippen molar-refractivity contribution in [3.05, 3.63) is 59.8 Å². The number of ether oxygens (including phenoxy) is 3. The van der Waals surface area contributed by atoms with Gasteiger partial charge in [-0.2, -0.15) is 0 Å². The lowest BCUT2D eigenvalue weighted by Crippen LogP contribution is -2.23. The summed E-state index contributed by atoms with van der Waals surface area (Å²) in [6, 6.07) is 14.7. The summed E-state index contributed by atoms with van der Waals surface area (Å²) in [7, 11) is 3.15. The zero-order valence-electron chi connectivity index (χ0n) is 17.7. The molecule has 1 aromatic heterocycles. The Kier molecular flexibility index (Phi) is 6.40. The highest BCUT2D eigenvalue weighted by Crippen LogP contribution is 2.34. The van der Waals surface area contributed by atoms with Crippen LogP contribution in [-0.4, -0.2) is 31.4 Å². The number of carbonyl (C=O) groups is 1. The summed E-state index contributed by atoms with van der Waals surface area (Å²) in [6.07, 6.45) is 4.83. The number of rotatable bonds is 8. The van der Waals surface area contributed by atoms with Crippen molar-refractivity contribution in [2.45, 2.75) is 38.3 Å². The molecule has 1 saturated carbocycles. The first-order valence-electron chi connectivity index (χ1n) is 10.4. The van der Waals surface area contributed by atoms with Crippen LogP contribution in [-0.2, 0) is 6.54 Å². The van der Waals surface area contributed by atoms with Crippen LogP contribution in [0.4, 0.5) is 0 Å². The van der Waals surface area contributed by atoms with Crippen molar-refractivity contribution in [2.24, 2.45) is 0 Å². The molecule has 0 radical (unpaired) electrons. The summed E-state index contributed by atoms with van der Waals surface area (Å²) in [5, 5.41) is 6.83. The van der Waals surface area contributed by atoms with Gasteiger partial charge >= 0.3 is 0 Å². The molecule has 0 saturated heterocycles. The Hall–Kier alpha value is -3.48. The molecular weight excluding hydrogens is 396 g/mol. The highest BCUT2D eigenvalue weighted by atomic mass is 16.5. The molecule has 0 spiro atoms. The number of hydrogen-bond donors (Lipinski definition) is 1. The highest BCUT2D eigenvalue weighted by Gasteiger charge is 2.19. The topological polar surface area (TPSA) is 82.8 Å². The molecular formula is C24H26N2O5. The molecule has 0 unspecified atom stereocenters. The van der Waals surface area contributed by atoms with E-state index in [-0.39, 0.29) is 17.7 Å². The quantitative estimate of drug-likeness (QED) is 0.571. The number of nitrogens with one attached hydrogen (secondary N) is 1. The molecule has 7 nitrogen and oxygen atoms in total. The van der Waals surface area contributed by atoms with E-state index in [1.807, 2.05) is 24.3 Å². The van der Waals surface area contributed by atoms with Crippen LogP contribution in [0, 0.1) is 0 Å². The van der Waals surface area contributed by atoms with E-state index in [9.17, 15) is 4.79 Å². The van der Waals surface area contributed by atoms with Gasteiger partial charge < -0.3 is 24.1 Å². The largest absolute Gasteiger partial charge is 0.497 e. The van der Waals surface area contributed by atoms with Crippen LogP contribution in [0.3, 0.4) is 0 Å². The summed E-state index contributed by atoms with van der Waals surface area (Å²) in [6.45, 7) is 0.340. The van der Waals surface area contributed by atoms with E-state index < -0.39 is 0 Å². The van der Waals surface area contributed by atoms with Gasteiger partial charge in [-0.3, -0.25) is 4.79 Å². The number of methoxy groups -OCH3 is 2. The number of nitrogens with zero attached hydrogens (tertiary/aromatic N) is 1. The average Bonchev–Trinajstić information content (AvgIpc) is 3.50. The molecule has 3 aromatic rings. The molecule has 1 amide bonds. The van der Waals surface area contributed by atoms with Crippen molar-refractivity contribution in [1.29, 1.82) is 0 Å². The first-order chi connectivity index (χ1) is 15.2. The second kappa shape index (κ2) is 9.55. The summed E-state index contributed by atoms with van der Waals surface area (Å²) in [4.78, 5) is 12.7. The molecule has 1 aliphatic rings. The average molecular weight is 422 g/mol. The summed E-state index contributed by atoms with van der Waals surface area (Å²) in [5.41, 5.74) is 1.78. The van der Waals surface area contributed by atoms with E-state index in [4.69, 9.17) is 18.7 Å². The van der Waals surface area contributed by atoms with Crippen molar-refractivity contribution >= 4 is 5.91 Å². The predicted octanol–water partition coefficient (Wildman–Crippen LogP) is 4.61. The zero-order chi connectivity index (χ0) is 21.6. The number of para-hydroxylation sites is 1. The van der Waals surface area contributed by atoms with Crippen molar-refractivity contribution in [3.63, 3.8) is 0 Å². The molecule has 1 heterocycles. The third-order valence-corrected chi connectivity index (χ3v) is 5.42. The normalized spacial score (nSPS) is 13.7. The van der Waals surface area contributed by atoms with Crippen LogP contribution in [0.2, 0.25) is 0 Å². The maximum absolute atomic E-state index is 12.7. The van der Waals surface area contributed by atoms with Crippen LogP contribution >= 0.6 is 0 Å². The minimum Gasteiger partial charge on any atom is -0.497 e. The molecule has 1 fully saturated rings. The summed E-state index contributed by atoms with van der Waals surface area (Å²) in [5.74, 6) is 2.16. The number of carbonyl (C=O) groups excluding carboxylic acids is 1. The fraction of sp³-hybridized carbons (Fsp3) is 0.333. The molecule has 7 heteroatoms. The smallest absolute Gasteiger partial charge is 0.273 e. The van der Waals surface area contributed by atoms with Crippen molar-refractivity contribution in [2.75, 3.05) is 14.2 Å². The van der Waals surface area contributed by atoms with Crippen LogP contribution in [0.15, 0.2) is 53.1 Å². The van der Waals surface area contributed by atoms with E-state index in [2.05, 4.69) is 10.5 Å². The SMILES string of the molecule is COc1ccc(OC)c(-c2cc(C(=O)NCc3ccccc3OC3CCCC3)no2)c1. The van der Waals surface area contributed by atoms with Gasteiger partial charge in [-0.15, -0.1) is 0 Å². The number of aromatic nitrogens is 1. The van der Waals surface area contributed by atoms with E-state index in [0.29, 0.717) is 29.4 Å². The predicted molar refractivity (Wildman–Crippen MR) is 116 cm³/mol. The van der Waals surface area contributed by atoms with Gasteiger partial charge in [0.2, 0.25) is 0 Å². The van der Waals surface area contributed by atoms with Crippen LogP contribution in [0.5, 0.6) is 17.2 Å². The van der Waals surface area contributed by atoms with Gasteiger partial charge in [0.1, 0.15) is 17.2 Å². The Bertz CT molecular complexity index is 1040. The standard InChI is InChI=1S/C24H26N2O5/c1-28-18-11-12-22(29-2)19(13-18)23-14-20(26-31-23)24(27)25-15-16-7-3-6-10-21(16)30-17-8-4-5-9-17/h3,6-7,10-14,17H,4-5,8-9,15H2,1-2H3,(H,25,27). The molecule has 2 aromatic carbocycles. The summed E-state index contributed by atoms with van der Waals surface area (Å²) < 4.78 is 22.2. The number of hydrogen-bond acceptors (Lipinski definition) is 6. The van der Waals surface area contributed by atoms with E-state index in [0.717, 1.165) is 24.2 Å². The second-order valence-corrected chi connectivity index (χ2v) is 7.46. The summed E-state index contributed by atoms with van der Waals surface area (Å²) >= 11 is 0. The Morgan fingerprint density at radius 2 is 1.87 bits per heavy atom. The van der Waals surface area contributed by atoms with E-state index in [1.54, 1.807) is 38.5 Å². The van der Waals surface area contributed by atoms with Crippen LogP contribution < -0.4 is 19.5 Å². The lowest BCUT2D eigenvalue weighted by molar-refractivity contribution is 0.0941. The zero-order valence-corrected chi connectivity index (χ0v) is 17.7. The Balaban J connectivity index is 1.45. The van der Waals surface area contributed by atoms with Gasteiger partial charge in [-0.05, 0) is 49.9 Å². The first-order valence-corrected chi connectivity index (χ1v) is 10.4. The molecule has 0 bridgehead atoms. The van der Waals surface area contributed by atoms with Gasteiger partial charge in [0.15, 0.2) is 11.5 Å². The van der Waals surface area contributed by atoms with Gasteiger partial charge in [-0.1, -0.05) is 23.4 Å². The Labute approximate surface area is 181 Å². The van der Waals surface area contributed by atoms with Crippen LogP contribution in [0.1, 0.15) is 41.7 Å². The van der Waals surface area contributed by atoms with Gasteiger partial charge in [0.25, 0.3) is 5.91 Å². The highest BCUT2D eigenvalue weighted by molar-refractivity contribution is 5.93. The molecule has 162 valence electrons. The van der Waals surface area contributed by atoms with Gasteiger partial charge in [0, 0.05) is 18.2 Å². The minimum atomic E-state index is -0.326. The van der Waals surface area contributed by atoms with Crippen molar-refractivity contribution < 1.29 is 23.5 Å². The Morgan fingerprint density at radius 3 is 2.65 bits per heavy atom. The lowest BCUT2D eigenvalue weighted by atomic mass is 10.1. The molecule has 31 heavy (non-hydrogen) atoms. The monoisotopic (exact) mass is 422 g/mol.